The summed E-state index contributed by atoms with van der Waals surface area (Å²) >= 11 is 1.72. The standard InChI is InChI=1S/C18H25N5OS/c1-3-13-10-14(21-20-13)17(24)23-7-4-18(5-8-23)11-15(18)22(2)12-16-19-6-9-25-16/h6,9-10,15H,3-5,7-8,11-12H2,1-2H3,(H,20,21)/t15-/m1/s1. The number of hydrogen-bond donors (Lipinski definition) is 1. The number of hydrogen-bond acceptors (Lipinski definition) is 5. The van der Waals surface area contributed by atoms with Crippen molar-refractivity contribution in [3.8, 4) is 0 Å². The Kier molecular flexibility index (Phi) is 4.37. The summed E-state index contributed by atoms with van der Waals surface area (Å²) in [6.45, 7) is 4.67. The van der Waals surface area contributed by atoms with Crippen LogP contribution < -0.4 is 0 Å². The minimum Gasteiger partial charge on any atom is -0.337 e. The van der Waals surface area contributed by atoms with Crippen LogP contribution in [0.3, 0.4) is 0 Å². The van der Waals surface area contributed by atoms with Crippen molar-refractivity contribution in [1.29, 1.82) is 0 Å². The minimum atomic E-state index is 0.0686. The summed E-state index contributed by atoms with van der Waals surface area (Å²) in [6.07, 6.45) is 6.18. The molecule has 0 bridgehead atoms. The van der Waals surface area contributed by atoms with Gasteiger partial charge in [0.2, 0.25) is 0 Å². The van der Waals surface area contributed by atoms with Crippen molar-refractivity contribution in [3.05, 3.63) is 34.0 Å². The number of amides is 1. The maximum Gasteiger partial charge on any atom is 0.274 e. The number of nitrogens with one attached hydrogen (secondary N) is 1. The lowest BCUT2D eigenvalue weighted by atomic mass is 9.92. The second-order valence-electron chi connectivity index (χ2n) is 7.35. The Bertz CT molecular complexity index is 732. The number of nitrogens with zero attached hydrogens (tertiary/aromatic N) is 4. The number of aryl methyl sites for hydroxylation is 1. The molecule has 1 aliphatic heterocycles. The van der Waals surface area contributed by atoms with Gasteiger partial charge in [-0.05, 0) is 44.2 Å². The van der Waals surface area contributed by atoms with E-state index in [2.05, 4.69) is 34.1 Å². The molecule has 1 amide bonds. The van der Waals surface area contributed by atoms with Crippen molar-refractivity contribution < 1.29 is 4.79 Å². The average Bonchev–Trinajstić information content (AvgIpc) is 3.02. The zero-order chi connectivity index (χ0) is 17.4. The highest BCUT2D eigenvalue weighted by Gasteiger charge is 2.56. The van der Waals surface area contributed by atoms with E-state index in [1.165, 1.54) is 11.4 Å². The van der Waals surface area contributed by atoms with Crippen LogP contribution >= 0.6 is 11.3 Å². The molecule has 1 saturated carbocycles. The van der Waals surface area contributed by atoms with Crippen molar-refractivity contribution in [2.24, 2.45) is 5.41 Å². The molecule has 2 fully saturated rings. The first kappa shape index (κ1) is 16.7. The largest absolute Gasteiger partial charge is 0.337 e. The predicted molar refractivity (Wildman–Crippen MR) is 97.5 cm³/mol. The lowest BCUT2D eigenvalue weighted by Crippen LogP contribution is -2.41. The molecule has 25 heavy (non-hydrogen) atoms. The Morgan fingerprint density at radius 3 is 2.92 bits per heavy atom. The summed E-state index contributed by atoms with van der Waals surface area (Å²) in [5.41, 5.74) is 1.98. The number of H-pyrrole nitrogens is 1. The molecule has 2 aromatic rings. The van der Waals surface area contributed by atoms with Gasteiger partial charge in [-0.1, -0.05) is 6.92 Å². The maximum absolute atomic E-state index is 12.6. The third-order valence-electron chi connectivity index (χ3n) is 5.82. The van der Waals surface area contributed by atoms with Crippen LogP contribution in [-0.4, -0.2) is 57.1 Å². The number of thiazole rings is 1. The quantitative estimate of drug-likeness (QED) is 0.891. The number of aromatic nitrogens is 3. The van der Waals surface area contributed by atoms with Crippen molar-refractivity contribution in [2.45, 2.75) is 45.2 Å². The van der Waals surface area contributed by atoms with E-state index in [0.717, 1.165) is 44.6 Å². The zero-order valence-electron chi connectivity index (χ0n) is 14.9. The molecule has 1 N–H and O–H groups in total. The van der Waals surface area contributed by atoms with Crippen LogP contribution in [-0.2, 0) is 13.0 Å². The molecular weight excluding hydrogens is 334 g/mol. The highest BCUT2D eigenvalue weighted by Crippen LogP contribution is 2.56. The normalized spacial score (nSPS) is 21.9. The fourth-order valence-corrected chi connectivity index (χ4v) is 4.79. The Balaban J connectivity index is 1.32. The molecule has 7 heteroatoms. The molecule has 2 aromatic heterocycles. The molecular formula is C18H25N5OS. The van der Waals surface area contributed by atoms with Crippen LogP contribution in [0.25, 0.3) is 0 Å². The van der Waals surface area contributed by atoms with E-state index in [9.17, 15) is 4.79 Å². The maximum atomic E-state index is 12.6. The Morgan fingerprint density at radius 2 is 2.28 bits per heavy atom. The SMILES string of the molecule is CCc1cc(C(=O)N2CCC3(CC2)C[C@H]3N(C)Cc2nccs2)n[nH]1. The minimum absolute atomic E-state index is 0.0686. The van der Waals surface area contributed by atoms with Gasteiger partial charge in [-0.3, -0.25) is 14.8 Å². The van der Waals surface area contributed by atoms with Gasteiger partial charge >= 0.3 is 0 Å². The molecule has 1 saturated heterocycles. The highest BCUT2D eigenvalue weighted by molar-refractivity contribution is 7.09. The van der Waals surface area contributed by atoms with E-state index in [4.69, 9.17) is 0 Å². The smallest absolute Gasteiger partial charge is 0.274 e. The summed E-state index contributed by atoms with van der Waals surface area (Å²) < 4.78 is 0. The number of carbonyl (C=O) groups is 1. The van der Waals surface area contributed by atoms with E-state index < -0.39 is 0 Å². The molecule has 134 valence electrons. The van der Waals surface area contributed by atoms with Crippen molar-refractivity contribution in [3.63, 3.8) is 0 Å². The number of likely N-dealkylation sites (tertiary alicyclic amines) is 1. The predicted octanol–water partition coefficient (Wildman–Crippen LogP) is 2.56. The van der Waals surface area contributed by atoms with Crippen molar-refractivity contribution in [2.75, 3.05) is 20.1 Å². The Hall–Kier alpha value is -1.73. The van der Waals surface area contributed by atoms with Crippen molar-refractivity contribution in [1.82, 2.24) is 25.0 Å². The first-order valence-electron chi connectivity index (χ1n) is 9.03. The van der Waals surface area contributed by atoms with Gasteiger partial charge in [-0.2, -0.15) is 5.10 Å². The van der Waals surface area contributed by atoms with Gasteiger partial charge in [0, 0.05) is 36.4 Å². The average molecular weight is 359 g/mol. The van der Waals surface area contributed by atoms with Gasteiger partial charge in [0.1, 0.15) is 10.7 Å². The van der Waals surface area contributed by atoms with E-state index in [1.54, 1.807) is 11.3 Å². The van der Waals surface area contributed by atoms with Gasteiger partial charge in [-0.25, -0.2) is 4.98 Å². The lowest BCUT2D eigenvalue weighted by molar-refractivity contribution is 0.0652. The van der Waals surface area contributed by atoms with Crippen LogP contribution in [0.15, 0.2) is 17.6 Å². The molecule has 3 heterocycles. The molecule has 0 unspecified atom stereocenters. The van der Waals surface area contributed by atoms with Gasteiger partial charge in [-0.15, -0.1) is 11.3 Å². The van der Waals surface area contributed by atoms with E-state index in [1.807, 2.05) is 22.5 Å². The summed E-state index contributed by atoms with van der Waals surface area (Å²) in [4.78, 5) is 21.4. The number of rotatable bonds is 5. The molecule has 2 aliphatic rings. The molecule has 0 aromatic carbocycles. The van der Waals surface area contributed by atoms with Gasteiger partial charge < -0.3 is 4.90 Å². The Labute approximate surface area is 152 Å². The number of aromatic amines is 1. The molecule has 6 nitrogen and oxygen atoms in total. The summed E-state index contributed by atoms with van der Waals surface area (Å²) in [6, 6.07) is 2.51. The van der Waals surface area contributed by atoms with Crippen LogP contribution in [0.4, 0.5) is 0 Å². The molecule has 1 spiro atoms. The zero-order valence-corrected chi connectivity index (χ0v) is 15.7. The fraction of sp³-hybridized carbons (Fsp3) is 0.611. The molecule has 4 rings (SSSR count). The highest BCUT2D eigenvalue weighted by atomic mass is 32.1. The third-order valence-corrected chi connectivity index (χ3v) is 6.59. The lowest BCUT2D eigenvalue weighted by Gasteiger charge is -2.33. The van der Waals surface area contributed by atoms with E-state index in [-0.39, 0.29) is 5.91 Å². The summed E-state index contributed by atoms with van der Waals surface area (Å²) in [5.74, 6) is 0.0686. The fourth-order valence-electron chi connectivity index (χ4n) is 4.11. The van der Waals surface area contributed by atoms with E-state index >= 15 is 0 Å². The van der Waals surface area contributed by atoms with Gasteiger partial charge in [0.15, 0.2) is 0 Å². The molecule has 0 radical (unpaired) electrons. The summed E-state index contributed by atoms with van der Waals surface area (Å²) in [5, 5.41) is 10.3. The molecule has 1 aliphatic carbocycles. The topological polar surface area (TPSA) is 65.1 Å². The van der Waals surface area contributed by atoms with Crippen LogP contribution in [0.1, 0.15) is 47.4 Å². The molecule has 1 atom stereocenters. The van der Waals surface area contributed by atoms with Crippen LogP contribution in [0.5, 0.6) is 0 Å². The first-order valence-corrected chi connectivity index (χ1v) is 9.91. The van der Waals surface area contributed by atoms with Crippen molar-refractivity contribution >= 4 is 17.2 Å². The summed E-state index contributed by atoms with van der Waals surface area (Å²) in [7, 11) is 2.20. The number of piperidine rings is 1. The Morgan fingerprint density at radius 1 is 1.48 bits per heavy atom. The third kappa shape index (κ3) is 3.22. The van der Waals surface area contributed by atoms with Gasteiger partial charge in [0.05, 0.1) is 6.54 Å². The van der Waals surface area contributed by atoms with Crippen LogP contribution in [0, 0.1) is 5.41 Å². The van der Waals surface area contributed by atoms with E-state index in [0.29, 0.717) is 17.2 Å². The second-order valence-corrected chi connectivity index (χ2v) is 8.33. The van der Waals surface area contributed by atoms with Gasteiger partial charge in [0.25, 0.3) is 5.91 Å². The first-order chi connectivity index (χ1) is 12.1. The second kappa shape index (κ2) is 6.53. The van der Waals surface area contributed by atoms with Crippen LogP contribution in [0.2, 0.25) is 0 Å². The number of carbonyl (C=O) groups excluding carboxylic acids is 1. The monoisotopic (exact) mass is 359 g/mol.